The molecule has 12 atom stereocenters. The van der Waals surface area contributed by atoms with Gasteiger partial charge in [-0.2, -0.15) is 9.78 Å². The number of amides is 2. The van der Waals surface area contributed by atoms with Crippen LogP contribution in [0.1, 0.15) is 146 Å². The van der Waals surface area contributed by atoms with Gasteiger partial charge in [0.25, 0.3) is 17.7 Å². The number of imidazole rings is 3. The van der Waals surface area contributed by atoms with E-state index in [0.29, 0.717) is 101 Å². The molecule has 103 heavy (non-hydrogen) atoms. The number of aliphatic hydroxyl groups is 6. The number of nitrogens with one attached hydrogen (secondary N) is 7. The molecule has 4 aliphatic rings. The van der Waals surface area contributed by atoms with E-state index in [-0.39, 0.29) is 47.2 Å². The summed E-state index contributed by atoms with van der Waals surface area (Å²) in [4.78, 5) is 72.8. The van der Waals surface area contributed by atoms with Gasteiger partial charge in [0.1, 0.15) is 48.3 Å². The third-order valence-corrected chi connectivity index (χ3v) is 20.4. The SMILES string of the molecule is CCNC(=O)[C@H]1O[C@@H](n2cnc3c(NC)nc(C(=O)NCCN4CCC(C(C)C)CC4)nc32)[C@H](O)[C@@H]1O.CCc1noc([C@H]2O[C@@H](n3cnc4c(NC)nc(CNSCC(C)C)nc43)[C@H](O)[C@@H]2O)n1.CCn1nnc([C@H]2O[C@@H](n3cnc4c(NC)nc(CNS(=O)(=O)CC(C)C)nc43)[C@H](O)[C@@H]2O)n1. The number of tetrazole rings is 1. The van der Waals surface area contributed by atoms with Crippen molar-refractivity contribution in [2.75, 3.05) is 81.3 Å². The number of anilines is 3. The lowest BCUT2D eigenvalue weighted by Gasteiger charge is -2.33. The van der Waals surface area contributed by atoms with Crippen LogP contribution in [-0.2, 0) is 55.1 Å². The smallest absolute Gasteiger partial charge is 0.289 e. The van der Waals surface area contributed by atoms with E-state index in [1.807, 2.05) is 27.7 Å². The van der Waals surface area contributed by atoms with Crippen molar-refractivity contribution in [3.05, 3.63) is 54.0 Å². The van der Waals surface area contributed by atoms with E-state index < -0.39 is 95.5 Å². The zero-order valence-corrected chi connectivity index (χ0v) is 61.1. The van der Waals surface area contributed by atoms with Crippen LogP contribution in [0.3, 0.4) is 0 Å². The van der Waals surface area contributed by atoms with Gasteiger partial charge in [0, 0.05) is 53.0 Å². The summed E-state index contributed by atoms with van der Waals surface area (Å²) in [5, 5.41) is 93.8. The molecule has 4 aliphatic heterocycles. The number of piperidine rings is 1. The molecule has 0 aliphatic carbocycles. The number of hydrogen-bond donors (Lipinski definition) is 13. The van der Waals surface area contributed by atoms with Crippen LogP contribution in [0.15, 0.2) is 23.5 Å². The largest absolute Gasteiger partial charge is 0.387 e. The molecule has 42 heteroatoms. The minimum Gasteiger partial charge on any atom is -0.387 e. The van der Waals surface area contributed by atoms with Gasteiger partial charge < -0.3 is 80.9 Å². The Morgan fingerprint density at radius 3 is 1.71 bits per heavy atom. The molecule has 0 spiro atoms. The number of aliphatic hydroxyl groups excluding tert-OH is 6. The second-order valence-corrected chi connectivity index (χ2v) is 29.0. The number of likely N-dealkylation sites (tertiary alicyclic amines) is 1. The second-order valence-electron chi connectivity index (χ2n) is 26.2. The molecule has 13 N–H and O–H groups in total. The summed E-state index contributed by atoms with van der Waals surface area (Å²) >= 11 is 1.62. The molecule has 4 saturated heterocycles. The standard InChI is InChI=1S/C24H38N8O5.C19H28N8O4S.C18H28N10O5S/c1-5-26-22(35)18-16(33)17(34)24(37-18)32-12-28-15-19(25-4)29-20(30-21(15)32)23(36)27-8-11-31-9-6-14(7-10-31)13(2)3;1-5-10-25-18(31-26-10)15-13(28)14(29)19(30-15)27-8-21-12-16(20-4)23-11(24-17(12)27)6-22-32-7-9(2)3;1-5-28-25-16(24-26-28)14-12(29)13(30)18(33-14)27-8-20-11-15(19-4)22-10(23-17(11)27)6-21-34(31,32)7-9(2)3/h12-14,16-18,24,33-34H,5-11H2,1-4H3,(H,26,35)(H,27,36)(H,25,29,30);8-9,13-15,19,22,28-29H,5-7H2,1-4H3,(H,20,23,24);8-9,12-14,18,21,29-30H,5-7H2,1-4H3,(H,19,22,23)/t16-,17+,18-,24+;13-,14+,15-,19+;12-,13+,14-,18+/m000/s1. The number of ether oxygens (including phenoxy) is 3. The maximum atomic E-state index is 12.9. The van der Waals surface area contributed by atoms with E-state index >= 15 is 0 Å². The molecule has 0 aromatic carbocycles. The number of aryl methyl sites for hydroxylation is 2. The first kappa shape index (κ1) is 77.6. The van der Waals surface area contributed by atoms with E-state index in [1.54, 1.807) is 44.6 Å². The molecular formula is C61H94N26O14S2. The molecule has 0 saturated carbocycles. The van der Waals surface area contributed by atoms with Crippen molar-refractivity contribution in [1.82, 2.24) is 114 Å². The number of hydrogen-bond acceptors (Lipinski definition) is 34. The Balaban J connectivity index is 0.000000166. The lowest BCUT2D eigenvalue weighted by atomic mass is 9.87. The van der Waals surface area contributed by atoms with Crippen LogP contribution in [0.4, 0.5) is 17.5 Å². The Morgan fingerprint density at radius 2 is 1.18 bits per heavy atom. The van der Waals surface area contributed by atoms with Crippen LogP contribution in [0.5, 0.6) is 0 Å². The molecule has 8 aromatic heterocycles. The Hall–Kier alpha value is -7.98. The van der Waals surface area contributed by atoms with Gasteiger partial charge in [-0.3, -0.25) is 28.0 Å². The zero-order valence-electron chi connectivity index (χ0n) is 59.4. The fraction of sp³-hybridized carbons (Fsp3) is 0.672. The predicted octanol–water partition coefficient (Wildman–Crippen LogP) is -0.138. The van der Waals surface area contributed by atoms with Gasteiger partial charge in [-0.1, -0.05) is 65.6 Å². The molecule has 0 bridgehead atoms. The normalized spacial score (nSPS) is 24.0. The average Bonchev–Trinajstić information content (AvgIpc) is 1.63. The first-order valence-corrected chi connectivity index (χ1v) is 36.9. The van der Waals surface area contributed by atoms with Gasteiger partial charge in [0.15, 0.2) is 93.8 Å². The van der Waals surface area contributed by atoms with Gasteiger partial charge in [0.05, 0.1) is 44.4 Å². The molecule has 0 radical (unpaired) electrons. The number of carbonyl (C=O) groups is 2. The van der Waals surface area contributed by atoms with Crippen molar-refractivity contribution in [3.63, 3.8) is 0 Å². The fourth-order valence-corrected chi connectivity index (χ4v) is 14.1. The number of fused-ring (bicyclic) bond motifs is 3. The lowest BCUT2D eigenvalue weighted by Crippen LogP contribution is -2.42. The van der Waals surface area contributed by atoms with Crippen molar-refractivity contribution < 1.29 is 67.4 Å². The summed E-state index contributed by atoms with van der Waals surface area (Å²) in [6.07, 6.45) is -7.10. The van der Waals surface area contributed by atoms with Crippen molar-refractivity contribution in [2.24, 2.45) is 23.7 Å². The zero-order chi connectivity index (χ0) is 74.1. The molecule has 12 heterocycles. The molecular weight excluding hydrogens is 1380 g/mol. The molecule has 12 rings (SSSR count). The third kappa shape index (κ3) is 17.7. The van der Waals surface area contributed by atoms with Gasteiger partial charge >= 0.3 is 0 Å². The second kappa shape index (κ2) is 34.3. The van der Waals surface area contributed by atoms with Crippen molar-refractivity contribution in [3.8, 4) is 0 Å². The molecule has 564 valence electrons. The van der Waals surface area contributed by atoms with E-state index in [9.17, 15) is 48.6 Å². The van der Waals surface area contributed by atoms with E-state index in [1.165, 1.54) is 45.8 Å². The number of nitrogens with zero attached hydrogens (tertiary/aromatic N) is 19. The summed E-state index contributed by atoms with van der Waals surface area (Å²) in [5.41, 5.74) is 2.28. The summed E-state index contributed by atoms with van der Waals surface area (Å²) in [7, 11) is 1.55. The van der Waals surface area contributed by atoms with E-state index in [0.717, 1.165) is 31.3 Å². The molecule has 2 amide bonds. The summed E-state index contributed by atoms with van der Waals surface area (Å²) in [6, 6.07) is 0. The minimum absolute atomic E-state index is 0.0237. The van der Waals surface area contributed by atoms with Gasteiger partial charge in [-0.15, -0.1) is 10.2 Å². The fourth-order valence-electron chi connectivity index (χ4n) is 12.1. The molecule has 8 aromatic rings. The highest BCUT2D eigenvalue weighted by molar-refractivity contribution is 7.97. The number of likely N-dealkylation sites (N-methyl/N-ethyl adjacent to an activating group) is 1. The molecule has 4 fully saturated rings. The van der Waals surface area contributed by atoms with Crippen LogP contribution in [0.25, 0.3) is 33.5 Å². The lowest BCUT2D eigenvalue weighted by molar-refractivity contribution is -0.137. The van der Waals surface area contributed by atoms with E-state index in [4.69, 9.17) is 18.7 Å². The van der Waals surface area contributed by atoms with Crippen molar-refractivity contribution in [2.45, 2.75) is 175 Å². The van der Waals surface area contributed by atoms with Gasteiger partial charge in [-0.05, 0) is 68.7 Å². The number of rotatable bonds is 27. The average molecular weight is 1480 g/mol. The topological polar surface area (TPSA) is 518 Å². The van der Waals surface area contributed by atoms with Crippen LogP contribution in [0.2, 0.25) is 0 Å². The third-order valence-electron chi connectivity index (χ3n) is 17.5. The Morgan fingerprint density at radius 1 is 0.641 bits per heavy atom. The van der Waals surface area contributed by atoms with Crippen molar-refractivity contribution >= 4 is 84.7 Å². The number of sulfonamides is 1. The van der Waals surface area contributed by atoms with Crippen LogP contribution in [-0.4, -0.2) is 253 Å². The van der Waals surface area contributed by atoms with Crippen LogP contribution in [0, 0.1) is 23.7 Å². The number of carbonyl (C=O) groups excluding carboxylic acids is 2. The van der Waals surface area contributed by atoms with Gasteiger partial charge in [-0.25, -0.2) is 58.0 Å². The Bertz CT molecular complexity index is 4260. The quantitative estimate of drug-likeness (QED) is 0.0235. The summed E-state index contributed by atoms with van der Waals surface area (Å²) in [6.45, 7) is 22.4. The maximum absolute atomic E-state index is 12.9. The summed E-state index contributed by atoms with van der Waals surface area (Å²) < 4.78 is 57.5. The van der Waals surface area contributed by atoms with E-state index in [2.05, 4.69) is 139 Å². The highest BCUT2D eigenvalue weighted by Gasteiger charge is 2.50. The first-order chi connectivity index (χ1) is 49.3. The number of aromatic nitrogens is 18. The predicted molar refractivity (Wildman–Crippen MR) is 372 cm³/mol. The molecule has 40 nitrogen and oxygen atoms in total. The minimum atomic E-state index is -3.51. The molecule has 0 unspecified atom stereocenters. The van der Waals surface area contributed by atoms with Crippen LogP contribution >= 0.6 is 11.9 Å². The monoisotopic (exact) mass is 1480 g/mol. The summed E-state index contributed by atoms with van der Waals surface area (Å²) in [5.74, 6) is 4.70. The highest BCUT2D eigenvalue weighted by atomic mass is 32.2. The highest BCUT2D eigenvalue weighted by Crippen LogP contribution is 2.41. The van der Waals surface area contributed by atoms with Crippen LogP contribution < -0.4 is 36.0 Å². The maximum Gasteiger partial charge on any atom is 0.289 e. The first-order valence-electron chi connectivity index (χ1n) is 34.3. The Labute approximate surface area is 597 Å². The van der Waals surface area contributed by atoms with Gasteiger partial charge in [0.2, 0.25) is 21.7 Å². The Kier molecular flexibility index (Phi) is 25.8. The van der Waals surface area contributed by atoms with Crippen molar-refractivity contribution in [1.29, 1.82) is 0 Å².